The Hall–Kier alpha value is -3.70. The molecule has 4 aliphatic rings. The first kappa shape index (κ1) is 37.6. The van der Waals surface area contributed by atoms with E-state index in [1.807, 2.05) is 30.0 Å². The van der Waals surface area contributed by atoms with Crippen LogP contribution >= 0.6 is 21.6 Å². The first-order chi connectivity index (χ1) is 25.5. The lowest BCUT2D eigenvalue weighted by Gasteiger charge is -2.45. The van der Waals surface area contributed by atoms with Crippen molar-refractivity contribution in [3.8, 4) is 17.2 Å². The van der Waals surface area contributed by atoms with Gasteiger partial charge in [0.05, 0.1) is 54.6 Å². The number of amides is 1. The number of phenolic OH excluding ortho intramolecular Hbond substituents is 2. The number of ether oxygens (including phenoxy) is 4. The molecule has 0 radical (unpaired) electrons. The van der Waals surface area contributed by atoms with E-state index in [1.165, 1.54) is 24.0 Å². The fraction of sp³-hybridized carbons (Fsp3) is 0.474. The van der Waals surface area contributed by atoms with E-state index in [0.717, 1.165) is 5.03 Å². The monoisotopic (exact) mass is 765 g/mol. The largest absolute Gasteiger partial charge is 0.507 e. The van der Waals surface area contributed by atoms with Gasteiger partial charge in [0.25, 0.3) is 0 Å². The summed E-state index contributed by atoms with van der Waals surface area (Å²) in [5.41, 5.74) is -1.47. The van der Waals surface area contributed by atoms with Crippen LogP contribution in [-0.4, -0.2) is 107 Å². The van der Waals surface area contributed by atoms with Crippen molar-refractivity contribution < 1.29 is 48.7 Å². The Balaban J connectivity index is 1.21. The van der Waals surface area contributed by atoms with Gasteiger partial charge in [-0.05, 0) is 55.2 Å². The Morgan fingerprint density at radius 1 is 1.09 bits per heavy atom. The van der Waals surface area contributed by atoms with E-state index in [9.17, 15) is 29.7 Å². The molecule has 2 saturated heterocycles. The number of aromatic hydroxyl groups is 2. The average Bonchev–Trinajstić information content (AvgIpc) is 3.14. The number of nitrogens with one attached hydrogen (secondary N) is 1. The number of pyridine rings is 1. The number of methoxy groups -OCH3 is 1. The number of hydrogen-bond acceptors (Lipinski definition) is 14. The number of morpholine rings is 1. The number of carbonyl (C=O) groups is 3. The van der Waals surface area contributed by atoms with Crippen molar-refractivity contribution in [2.45, 2.75) is 75.3 Å². The Kier molecular flexibility index (Phi) is 11.1. The fourth-order valence-corrected chi connectivity index (χ4v) is 9.75. The third-order valence-electron chi connectivity index (χ3n) is 10.5. The molecule has 1 aromatic heterocycles. The topological polar surface area (TPSA) is 177 Å². The highest BCUT2D eigenvalue weighted by Gasteiger charge is 2.49. The molecule has 2 fully saturated rings. The molecule has 6 atom stereocenters. The highest BCUT2D eigenvalue weighted by Crippen LogP contribution is 2.54. The zero-order valence-corrected chi connectivity index (χ0v) is 31.3. The maximum Gasteiger partial charge on any atom is 0.226 e. The molecule has 15 heteroatoms. The van der Waals surface area contributed by atoms with Gasteiger partial charge in [-0.15, -0.1) is 0 Å². The normalized spacial score (nSPS) is 27.1. The lowest BCUT2D eigenvalue weighted by Crippen LogP contribution is -2.54. The second kappa shape index (κ2) is 15.6. The van der Waals surface area contributed by atoms with Gasteiger partial charge >= 0.3 is 0 Å². The summed E-state index contributed by atoms with van der Waals surface area (Å²) in [5, 5.41) is 38.5. The maximum absolute atomic E-state index is 14.1. The number of aliphatic hydroxyl groups excluding tert-OH is 1. The van der Waals surface area contributed by atoms with Crippen molar-refractivity contribution >= 4 is 39.1 Å². The summed E-state index contributed by atoms with van der Waals surface area (Å²) in [4.78, 5) is 48.4. The van der Waals surface area contributed by atoms with Crippen molar-refractivity contribution in [3.05, 3.63) is 76.0 Å². The second-order valence-electron chi connectivity index (χ2n) is 14.1. The molecule has 0 saturated carbocycles. The number of hydrogen-bond donors (Lipinski definition) is 4. The van der Waals surface area contributed by atoms with Crippen LogP contribution in [0.1, 0.15) is 82.2 Å². The summed E-state index contributed by atoms with van der Waals surface area (Å²) in [6.07, 6.45) is -0.0835. The first-order valence-electron chi connectivity index (χ1n) is 17.7. The number of aliphatic hydroxyl groups is 1. The minimum Gasteiger partial charge on any atom is -0.507 e. The molecule has 0 spiro atoms. The standard InChI is InChI=1S/C38H43N3O10S2/c1-20-15-21(41-12-13-49-19-27(41)42)16-28(50-20)51-25-18-38(2,37(47)40-11-14-52-53-26-9-4-5-10-39-26)17-23-30(25)36(46)32-31(34(23)44)33(43)22-7-6-8-24(48-3)29(22)35(32)45/h4-10,20-21,25,27-28,42,44,46H,11-19H2,1-3H3,(H,40,47)/t20-,21?,25-,27+,28-,38+/m0/s1. The zero-order valence-electron chi connectivity index (χ0n) is 29.7. The van der Waals surface area contributed by atoms with Crippen molar-refractivity contribution in [2.75, 3.05) is 39.2 Å². The molecule has 3 aromatic rings. The van der Waals surface area contributed by atoms with Gasteiger partial charge in [0.1, 0.15) is 28.5 Å². The summed E-state index contributed by atoms with van der Waals surface area (Å²) < 4.78 is 23.8. The first-order valence-corrected chi connectivity index (χ1v) is 20.0. The third kappa shape index (κ3) is 7.27. The van der Waals surface area contributed by atoms with E-state index in [2.05, 4.69) is 10.3 Å². The van der Waals surface area contributed by atoms with Crippen LogP contribution in [0.5, 0.6) is 17.2 Å². The quantitative estimate of drug-likeness (QED) is 0.102. The Morgan fingerprint density at radius 2 is 1.91 bits per heavy atom. The number of benzene rings is 2. The molecule has 53 heavy (non-hydrogen) atoms. The number of aromatic nitrogens is 1. The molecule has 2 aliphatic heterocycles. The number of ketones is 2. The van der Waals surface area contributed by atoms with E-state index >= 15 is 0 Å². The van der Waals surface area contributed by atoms with Crippen LogP contribution in [-0.2, 0) is 25.4 Å². The fourth-order valence-electron chi connectivity index (χ4n) is 7.97. The minimum absolute atomic E-state index is 0.00456. The van der Waals surface area contributed by atoms with E-state index < -0.39 is 47.1 Å². The molecular formula is C38H43N3O10S2. The van der Waals surface area contributed by atoms with Gasteiger partial charge in [0, 0.05) is 54.2 Å². The van der Waals surface area contributed by atoms with Gasteiger partial charge in [0.15, 0.2) is 12.1 Å². The highest BCUT2D eigenvalue weighted by atomic mass is 33.1. The minimum atomic E-state index is -1.16. The summed E-state index contributed by atoms with van der Waals surface area (Å²) in [7, 11) is 4.45. The lowest BCUT2D eigenvalue weighted by atomic mass is 9.68. The Labute approximate surface area is 315 Å². The zero-order chi connectivity index (χ0) is 37.4. The van der Waals surface area contributed by atoms with Crippen LogP contribution in [0.2, 0.25) is 0 Å². The molecule has 2 aromatic carbocycles. The maximum atomic E-state index is 14.1. The van der Waals surface area contributed by atoms with Gasteiger partial charge in [-0.2, -0.15) is 0 Å². The van der Waals surface area contributed by atoms with Crippen LogP contribution in [0.15, 0.2) is 47.6 Å². The summed E-state index contributed by atoms with van der Waals surface area (Å²) in [6.45, 7) is 5.25. The van der Waals surface area contributed by atoms with Crippen LogP contribution < -0.4 is 10.1 Å². The van der Waals surface area contributed by atoms with E-state index in [-0.39, 0.29) is 76.6 Å². The van der Waals surface area contributed by atoms with Gasteiger partial charge in [0.2, 0.25) is 11.7 Å². The number of rotatable bonds is 10. The van der Waals surface area contributed by atoms with Gasteiger partial charge < -0.3 is 39.6 Å². The molecule has 7 rings (SSSR count). The van der Waals surface area contributed by atoms with Crippen molar-refractivity contribution in [1.29, 1.82) is 0 Å². The Morgan fingerprint density at radius 3 is 2.66 bits per heavy atom. The molecular weight excluding hydrogens is 723 g/mol. The van der Waals surface area contributed by atoms with E-state index in [0.29, 0.717) is 38.3 Å². The van der Waals surface area contributed by atoms with Crippen molar-refractivity contribution in [3.63, 3.8) is 0 Å². The average molecular weight is 766 g/mol. The number of fused-ring (bicyclic) bond motifs is 3. The molecule has 0 bridgehead atoms. The molecule has 3 heterocycles. The summed E-state index contributed by atoms with van der Waals surface area (Å²) in [6, 6.07) is 10.2. The van der Waals surface area contributed by atoms with E-state index in [4.69, 9.17) is 18.9 Å². The third-order valence-corrected chi connectivity index (χ3v) is 12.7. The predicted molar refractivity (Wildman–Crippen MR) is 196 cm³/mol. The van der Waals surface area contributed by atoms with E-state index in [1.54, 1.807) is 36.0 Å². The molecule has 2 aliphatic carbocycles. The highest BCUT2D eigenvalue weighted by molar-refractivity contribution is 8.76. The van der Waals surface area contributed by atoms with Gasteiger partial charge in [-0.1, -0.05) is 35.9 Å². The molecule has 4 N–H and O–H groups in total. The number of nitrogens with zero attached hydrogens (tertiary/aromatic N) is 2. The van der Waals surface area contributed by atoms with Crippen LogP contribution in [0.4, 0.5) is 0 Å². The SMILES string of the molecule is COc1cccc2c1C(=O)c1c(O)c3c(c(O)c1C2=O)C[C@@](C)(C(=O)NCCSSc1ccccn1)C[C@@H]3O[C@H]1CC(N2CCOC[C@H]2O)C[C@H](C)O1. The molecule has 282 valence electrons. The number of carbonyl (C=O) groups excluding carboxylic acids is 3. The van der Waals surface area contributed by atoms with Crippen molar-refractivity contribution in [1.82, 2.24) is 15.2 Å². The van der Waals surface area contributed by atoms with Crippen LogP contribution in [0.3, 0.4) is 0 Å². The van der Waals surface area contributed by atoms with Crippen LogP contribution in [0, 0.1) is 5.41 Å². The van der Waals surface area contributed by atoms with Crippen LogP contribution in [0.25, 0.3) is 0 Å². The second-order valence-corrected chi connectivity index (χ2v) is 16.5. The van der Waals surface area contributed by atoms with Gasteiger partial charge in [-0.25, -0.2) is 4.98 Å². The summed E-state index contributed by atoms with van der Waals surface area (Å²) >= 11 is 0. The Bertz CT molecular complexity index is 1900. The molecule has 13 nitrogen and oxygen atoms in total. The molecule has 1 unspecified atom stereocenters. The smallest absolute Gasteiger partial charge is 0.226 e. The molecule has 1 amide bonds. The predicted octanol–water partition coefficient (Wildman–Crippen LogP) is 4.39. The lowest BCUT2D eigenvalue weighted by molar-refractivity contribution is -0.241. The number of phenols is 2. The van der Waals surface area contributed by atoms with Crippen molar-refractivity contribution in [2.24, 2.45) is 5.41 Å². The van der Waals surface area contributed by atoms with Gasteiger partial charge in [-0.3, -0.25) is 19.3 Å². The summed E-state index contributed by atoms with van der Waals surface area (Å²) in [5.74, 6) is -1.79.